The molecule has 1 rings (SSSR count). The third-order valence-corrected chi connectivity index (χ3v) is 3.36. The number of hydrogen-bond acceptors (Lipinski definition) is 3. The van der Waals surface area contributed by atoms with Crippen LogP contribution >= 0.6 is 23.4 Å². The van der Waals surface area contributed by atoms with Gasteiger partial charge in [0.1, 0.15) is 5.75 Å². The highest BCUT2D eigenvalue weighted by molar-refractivity contribution is 8.13. The van der Waals surface area contributed by atoms with Gasteiger partial charge in [0.15, 0.2) is 5.17 Å². The van der Waals surface area contributed by atoms with Crippen LogP contribution in [0.1, 0.15) is 25.8 Å². The molecule has 0 aliphatic heterocycles. The number of hydrogen-bond donors (Lipinski definition) is 1. The second kappa shape index (κ2) is 8.27. The van der Waals surface area contributed by atoms with Crippen LogP contribution in [0.2, 0.25) is 5.02 Å². The molecule has 5 heteroatoms. The molecule has 0 atom stereocenters. The molecular formula is C13H19ClN2OS. The molecule has 1 aromatic carbocycles. The largest absolute Gasteiger partial charge is 0.492 e. The van der Waals surface area contributed by atoms with Crippen molar-refractivity contribution in [2.75, 3.05) is 13.2 Å². The van der Waals surface area contributed by atoms with Crippen LogP contribution in [0.25, 0.3) is 0 Å². The van der Waals surface area contributed by atoms with Crippen molar-refractivity contribution in [2.24, 2.45) is 10.7 Å². The smallest absolute Gasteiger partial charge is 0.154 e. The predicted octanol–water partition coefficient (Wildman–Crippen LogP) is 3.70. The quantitative estimate of drug-likeness (QED) is 0.641. The Morgan fingerprint density at radius 3 is 2.83 bits per heavy atom. The SMILES string of the molecule is CCCOc1ccc(CSC(N)=NCC)cc1Cl. The third-order valence-electron chi connectivity index (χ3n) is 2.16. The summed E-state index contributed by atoms with van der Waals surface area (Å²) >= 11 is 7.66. The standard InChI is InChI=1S/C13H19ClN2OS/c1-3-7-17-12-6-5-10(8-11(12)14)9-18-13(15)16-4-2/h5-6,8H,3-4,7,9H2,1-2H3,(H2,15,16). The highest BCUT2D eigenvalue weighted by atomic mass is 35.5. The first-order valence-electron chi connectivity index (χ1n) is 6.01. The van der Waals surface area contributed by atoms with Gasteiger partial charge in [-0.15, -0.1) is 0 Å². The fourth-order valence-corrected chi connectivity index (χ4v) is 2.29. The van der Waals surface area contributed by atoms with E-state index >= 15 is 0 Å². The van der Waals surface area contributed by atoms with E-state index in [0.29, 0.717) is 23.3 Å². The van der Waals surface area contributed by atoms with Gasteiger partial charge in [0.25, 0.3) is 0 Å². The Bertz CT molecular complexity index is 410. The molecule has 1 aromatic rings. The number of halogens is 1. The van der Waals surface area contributed by atoms with Gasteiger partial charge in [-0.2, -0.15) is 0 Å². The first kappa shape index (κ1) is 15.2. The Morgan fingerprint density at radius 2 is 2.22 bits per heavy atom. The van der Waals surface area contributed by atoms with E-state index in [-0.39, 0.29) is 0 Å². The lowest BCUT2D eigenvalue weighted by Crippen LogP contribution is -2.07. The van der Waals surface area contributed by atoms with E-state index in [4.69, 9.17) is 22.1 Å². The lowest BCUT2D eigenvalue weighted by molar-refractivity contribution is 0.317. The molecule has 0 spiro atoms. The van der Waals surface area contributed by atoms with Gasteiger partial charge >= 0.3 is 0 Å². The second-order valence-corrected chi connectivity index (χ2v) is 5.12. The minimum absolute atomic E-state index is 0.611. The monoisotopic (exact) mass is 286 g/mol. The molecule has 0 amide bonds. The molecule has 0 fully saturated rings. The third kappa shape index (κ3) is 5.19. The minimum atomic E-state index is 0.611. The zero-order valence-corrected chi connectivity index (χ0v) is 12.4. The lowest BCUT2D eigenvalue weighted by Gasteiger charge is -2.08. The van der Waals surface area contributed by atoms with Gasteiger partial charge < -0.3 is 10.5 Å². The Kier molecular flexibility index (Phi) is 6.98. The van der Waals surface area contributed by atoms with Gasteiger partial charge in [0.05, 0.1) is 11.6 Å². The summed E-state index contributed by atoms with van der Waals surface area (Å²) in [7, 11) is 0. The second-order valence-electron chi connectivity index (χ2n) is 3.71. The Morgan fingerprint density at radius 1 is 1.44 bits per heavy atom. The molecule has 0 aliphatic carbocycles. The van der Waals surface area contributed by atoms with E-state index in [1.165, 1.54) is 11.8 Å². The molecule has 100 valence electrons. The van der Waals surface area contributed by atoms with Crippen molar-refractivity contribution in [2.45, 2.75) is 26.0 Å². The zero-order chi connectivity index (χ0) is 13.4. The van der Waals surface area contributed by atoms with Crippen LogP contribution < -0.4 is 10.5 Å². The maximum absolute atomic E-state index is 6.15. The summed E-state index contributed by atoms with van der Waals surface area (Å²) in [4.78, 5) is 4.12. The summed E-state index contributed by atoms with van der Waals surface area (Å²) in [5.41, 5.74) is 6.83. The average molecular weight is 287 g/mol. The number of nitrogens with zero attached hydrogens (tertiary/aromatic N) is 1. The number of ether oxygens (including phenoxy) is 1. The van der Waals surface area contributed by atoms with E-state index in [1.807, 2.05) is 25.1 Å². The number of nitrogens with two attached hydrogens (primary N) is 1. The van der Waals surface area contributed by atoms with E-state index < -0.39 is 0 Å². The normalized spacial score (nSPS) is 11.6. The summed E-state index contributed by atoms with van der Waals surface area (Å²) in [6.45, 7) is 5.42. The van der Waals surface area contributed by atoms with Crippen molar-refractivity contribution in [3.63, 3.8) is 0 Å². The van der Waals surface area contributed by atoms with Crippen molar-refractivity contribution < 1.29 is 4.74 Å². The van der Waals surface area contributed by atoms with Crippen LogP contribution in [0.4, 0.5) is 0 Å². The van der Waals surface area contributed by atoms with Crippen molar-refractivity contribution >= 4 is 28.5 Å². The highest BCUT2D eigenvalue weighted by Crippen LogP contribution is 2.27. The Balaban J connectivity index is 2.58. The van der Waals surface area contributed by atoms with Crippen LogP contribution in [-0.4, -0.2) is 18.3 Å². The lowest BCUT2D eigenvalue weighted by atomic mass is 10.2. The molecule has 0 aliphatic rings. The Hall–Kier alpha value is -0.870. The van der Waals surface area contributed by atoms with Crippen LogP contribution in [0.3, 0.4) is 0 Å². The molecule has 0 radical (unpaired) electrons. The molecular weight excluding hydrogens is 268 g/mol. The summed E-state index contributed by atoms with van der Waals surface area (Å²) < 4.78 is 5.52. The molecule has 0 saturated heterocycles. The number of thioether (sulfide) groups is 1. The van der Waals surface area contributed by atoms with Crippen LogP contribution in [0.5, 0.6) is 5.75 Å². The fraction of sp³-hybridized carbons (Fsp3) is 0.462. The number of rotatable bonds is 6. The molecule has 3 nitrogen and oxygen atoms in total. The molecule has 0 heterocycles. The molecule has 0 aromatic heterocycles. The van der Waals surface area contributed by atoms with E-state index in [1.54, 1.807) is 0 Å². The summed E-state index contributed by atoms with van der Waals surface area (Å²) in [6, 6.07) is 5.82. The van der Waals surface area contributed by atoms with E-state index in [2.05, 4.69) is 11.9 Å². The van der Waals surface area contributed by atoms with Gasteiger partial charge in [0, 0.05) is 12.3 Å². The maximum Gasteiger partial charge on any atom is 0.154 e. The van der Waals surface area contributed by atoms with Gasteiger partial charge in [-0.25, -0.2) is 0 Å². The fourth-order valence-electron chi connectivity index (χ4n) is 1.32. The molecule has 0 unspecified atom stereocenters. The van der Waals surface area contributed by atoms with E-state index in [9.17, 15) is 0 Å². The Labute approximate surface area is 118 Å². The number of benzene rings is 1. The average Bonchev–Trinajstić information content (AvgIpc) is 2.35. The molecule has 2 N–H and O–H groups in total. The van der Waals surface area contributed by atoms with Crippen LogP contribution in [-0.2, 0) is 5.75 Å². The summed E-state index contributed by atoms with van der Waals surface area (Å²) in [6.07, 6.45) is 0.970. The van der Waals surface area contributed by atoms with Crippen molar-refractivity contribution in [1.82, 2.24) is 0 Å². The van der Waals surface area contributed by atoms with Gasteiger partial charge in [0.2, 0.25) is 0 Å². The van der Waals surface area contributed by atoms with Crippen molar-refractivity contribution in [3.05, 3.63) is 28.8 Å². The van der Waals surface area contributed by atoms with Gasteiger partial charge in [-0.05, 0) is 31.0 Å². The van der Waals surface area contributed by atoms with Crippen LogP contribution in [0.15, 0.2) is 23.2 Å². The van der Waals surface area contributed by atoms with E-state index in [0.717, 1.165) is 23.5 Å². The topological polar surface area (TPSA) is 47.6 Å². The number of amidine groups is 1. The van der Waals surface area contributed by atoms with Crippen molar-refractivity contribution in [1.29, 1.82) is 0 Å². The molecule has 0 bridgehead atoms. The van der Waals surface area contributed by atoms with Crippen LogP contribution in [0, 0.1) is 0 Å². The minimum Gasteiger partial charge on any atom is -0.492 e. The first-order chi connectivity index (χ1) is 8.67. The maximum atomic E-state index is 6.15. The van der Waals surface area contributed by atoms with Crippen molar-refractivity contribution in [3.8, 4) is 5.75 Å². The highest BCUT2D eigenvalue weighted by Gasteiger charge is 2.04. The summed E-state index contributed by atoms with van der Waals surface area (Å²) in [5, 5.41) is 1.26. The molecule has 18 heavy (non-hydrogen) atoms. The predicted molar refractivity (Wildman–Crippen MR) is 80.7 cm³/mol. The number of aliphatic imine (C=N–C) groups is 1. The molecule has 0 saturated carbocycles. The van der Waals surface area contributed by atoms with Gasteiger partial charge in [-0.1, -0.05) is 36.4 Å². The van der Waals surface area contributed by atoms with Gasteiger partial charge in [-0.3, -0.25) is 4.99 Å². The zero-order valence-electron chi connectivity index (χ0n) is 10.8. The summed E-state index contributed by atoms with van der Waals surface area (Å²) in [5.74, 6) is 1.51. The first-order valence-corrected chi connectivity index (χ1v) is 7.37.